The fraction of sp³-hybridized carbons (Fsp3) is 0.778. The molecule has 23 heavy (non-hydrogen) atoms. The Balaban J connectivity index is 2.62. The molecular weight excluding hydrogens is 294 g/mol. The molecule has 1 unspecified atom stereocenters. The molecule has 0 heterocycles. The number of alkyl carbamates (subject to hydrolysis) is 1. The van der Waals surface area contributed by atoms with Crippen molar-refractivity contribution in [3.63, 3.8) is 0 Å². The smallest absolute Gasteiger partial charge is 0.408 e. The van der Waals surface area contributed by atoms with Crippen LogP contribution in [-0.4, -0.2) is 30.3 Å². The van der Waals surface area contributed by atoms with Crippen LogP contribution in [-0.2, 0) is 14.3 Å². The van der Waals surface area contributed by atoms with Crippen molar-refractivity contribution in [3.8, 4) is 0 Å². The van der Waals surface area contributed by atoms with Gasteiger partial charge in [-0.2, -0.15) is 0 Å². The highest BCUT2D eigenvalue weighted by Crippen LogP contribution is 2.27. The van der Waals surface area contributed by atoms with Crippen LogP contribution in [0.15, 0.2) is 12.2 Å². The number of carbonyl (C=O) groups is 2. The van der Waals surface area contributed by atoms with Crippen molar-refractivity contribution in [1.82, 2.24) is 5.32 Å². The molecule has 0 radical (unpaired) electrons. The van der Waals surface area contributed by atoms with Crippen molar-refractivity contribution < 1.29 is 19.1 Å². The molecule has 1 atom stereocenters. The van der Waals surface area contributed by atoms with Crippen LogP contribution >= 0.6 is 0 Å². The number of hydrogen-bond donors (Lipinski definition) is 1. The molecule has 0 spiro atoms. The molecule has 1 fully saturated rings. The second-order valence-corrected chi connectivity index (χ2v) is 7.10. The Hall–Kier alpha value is -1.52. The first kappa shape index (κ1) is 19.5. The molecule has 132 valence electrons. The molecular formula is C18H31NO4. The highest BCUT2D eigenvalue weighted by molar-refractivity contribution is 5.82. The quantitative estimate of drug-likeness (QED) is 0.593. The highest BCUT2D eigenvalue weighted by Gasteiger charge is 2.22. The lowest BCUT2D eigenvalue weighted by Crippen LogP contribution is -2.39. The Kier molecular flexibility index (Phi) is 8.13. The van der Waals surface area contributed by atoms with Gasteiger partial charge in [-0.1, -0.05) is 38.2 Å². The molecule has 0 aliphatic heterocycles. The van der Waals surface area contributed by atoms with E-state index in [-0.39, 0.29) is 12.0 Å². The van der Waals surface area contributed by atoms with E-state index >= 15 is 0 Å². The third-order valence-corrected chi connectivity index (χ3v) is 3.77. The normalized spacial score (nSPS) is 17.7. The number of nitrogens with one attached hydrogen (secondary N) is 1. The van der Waals surface area contributed by atoms with Crippen LogP contribution in [0.1, 0.15) is 66.2 Å². The first-order valence-corrected chi connectivity index (χ1v) is 8.64. The highest BCUT2D eigenvalue weighted by atomic mass is 16.6. The fourth-order valence-corrected chi connectivity index (χ4v) is 2.81. The molecule has 1 rings (SSSR count). The van der Waals surface area contributed by atoms with Gasteiger partial charge in [-0.25, -0.2) is 9.59 Å². The largest absolute Gasteiger partial charge is 0.463 e. The van der Waals surface area contributed by atoms with Gasteiger partial charge < -0.3 is 14.8 Å². The van der Waals surface area contributed by atoms with Gasteiger partial charge in [-0.05, 0) is 40.0 Å². The van der Waals surface area contributed by atoms with Gasteiger partial charge in [0.05, 0.1) is 12.6 Å². The molecule has 0 bridgehead atoms. The van der Waals surface area contributed by atoms with Crippen LogP contribution in [0, 0.1) is 5.92 Å². The first-order valence-electron chi connectivity index (χ1n) is 8.64. The van der Waals surface area contributed by atoms with Gasteiger partial charge in [-0.3, -0.25) is 0 Å². The first-order chi connectivity index (χ1) is 10.8. The second kappa shape index (κ2) is 9.58. The molecule has 1 saturated carbocycles. The van der Waals surface area contributed by atoms with Gasteiger partial charge in [0.25, 0.3) is 0 Å². The van der Waals surface area contributed by atoms with E-state index in [2.05, 4.69) is 5.32 Å². The zero-order valence-corrected chi connectivity index (χ0v) is 14.9. The summed E-state index contributed by atoms with van der Waals surface area (Å²) in [6.07, 6.45) is 9.63. The molecule has 1 aliphatic carbocycles. The Morgan fingerprint density at radius 3 is 2.43 bits per heavy atom. The maximum absolute atomic E-state index is 12.0. The van der Waals surface area contributed by atoms with Crippen molar-refractivity contribution in [2.45, 2.75) is 77.9 Å². The molecule has 1 N–H and O–H groups in total. The Morgan fingerprint density at radius 2 is 1.87 bits per heavy atom. The Morgan fingerprint density at radius 1 is 1.22 bits per heavy atom. The van der Waals surface area contributed by atoms with E-state index < -0.39 is 11.7 Å². The monoisotopic (exact) mass is 325 g/mol. The van der Waals surface area contributed by atoms with Crippen molar-refractivity contribution in [2.24, 2.45) is 5.92 Å². The molecule has 1 amide bonds. The Labute approximate surface area is 139 Å². The van der Waals surface area contributed by atoms with Crippen molar-refractivity contribution in [1.29, 1.82) is 0 Å². The molecule has 0 saturated heterocycles. The van der Waals surface area contributed by atoms with Crippen LogP contribution in [0.5, 0.6) is 0 Å². The van der Waals surface area contributed by atoms with Gasteiger partial charge in [0.2, 0.25) is 0 Å². The minimum Gasteiger partial charge on any atom is -0.463 e. The predicted octanol–water partition coefficient (Wildman–Crippen LogP) is 3.97. The average Bonchev–Trinajstić information content (AvgIpc) is 2.44. The Bertz CT molecular complexity index is 406. The van der Waals surface area contributed by atoms with E-state index in [1.807, 2.05) is 20.8 Å². The van der Waals surface area contributed by atoms with E-state index in [9.17, 15) is 9.59 Å². The SMILES string of the molecule is CCOC(=O)C=CC(CC1CCCCC1)NC(=O)OC(C)(C)C. The summed E-state index contributed by atoms with van der Waals surface area (Å²) in [4.78, 5) is 23.5. The fourth-order valence-electron chi connectivity index (χ4n) is 2.81. The molecule has 1 aliphatic rings. The predicted molar refractivity (Wildman–Crippen MR) is 90.1 cm³/mol. The van der Waals surface area contributed by atoms with Crippen LogP contribution in [0.2, 0.25) is 0 Å². The van der Waals surface area contributed by atoms with Crippen molar-refractivity contribution >= 4 is 12.1 Å². The summed E-state index contributed by atoms with van der Waals surface area (Å²) in [5, 5.41) is 2.86. The summed E-state index contributed by atoms with van der Waals surface area (Å²) in [7, 11) is 0. The lowest BCUT2D eigenvalue weighted by atomic mass is 9.85. The van der Waals surface area contributed by atoms with Gasteiger partial charge in [0.1, 0.15) is 5.60 Å². The third-order valence-electron chi connectivity index (χ3n) is 3.77. The third kappa shape index (κ3) is 9.26. The van der Waals surface area contributed by atoms with Crippen LogP contribution in [0.3, 0.4) is 0 Å². The molecule has 0 aromatic carbocycles. The van der Waals surface area contributed by atoms with Crippen LogP contribution < -0.4 is 5.32 Å². The van der Waals surface area contributed by atoms with Crippen molar-refractivity contribution in [3.05, 3.63) is 12.2 Å². The number of amides is 1. The van der Waals surface area contributed by atoms with Crippen LogP contribution in [0.25, 0.3) is 0 Å². The number of carbonyl (C=O) groups excluding carboxylic acids is 2. The van der Waals surface area contributed by atoms with Gasteiger partial charge in [-0.15, -0.1) is 0 Å². The number of hydrogen-bond acceptors (Lipinski definition) is 4. The van der Waals surface area contributed by atoms with Crippen molar-refractivity contribution in [2.75, 3.05) is 6.61 Å². The summed E-state index contributed by atoms with van der Waals surface area (Å²) in [5.41, 5.74) is -0.537. The zero-order valence-electron chi connectivity index (χ0n) is 14.9. The molecule has 5 heteroatoms. The minimum atomic E-state index is -0.537. The summed E-state index contributed by atoms with van der Waals surface area (Å²) in [5.74, 6) is 0.197. The number of ether oxygens (including phenoxy) is 2. The summed E-state index contributed by atoms with van der Waals surface area (Å²) < 4.78 is 10.2. The summed E-state index contributed by atoms with van der Waals surface area (Å²) >= 11 is 0. The maximum Gasteiger partial charge on any atom is 0.408 e. The molecule has 0 aromatic heterocycles. The summed E-state index contributed by atoms with van der Waals surface area (Å²) in [6, 6.07) is -0.211. The van der Waals surface area contributed by atoms with Crippen LogP contribution in [0.4, 0.5) is 4.79 Å². The topological polar surface area (TPSA) is 64.6 Å². The lowest BCUT2D eigenvalue weighted by Gasteiger charge is -2.27. The number of esters is 1. The van der Waals surface area contributed by atoms with E-state index in [1.54, 1.807) is 13.0 Å². The van der Waals surface area contributed by atoms with Gasteiger partial charge >= 0.3 is 12.1 Å². The molecule has 0 aromatic rings. The van der Waals surface area contributed by atoms with Gasteiger partial charge in [0.15, 0.2) is 0 Å². The van der Waals surface area contributed by atoms with E-state index in [0.717, 1.165) is 6.42 Å². The van der Waals surface area contributed by atoms with E-state index in [1.165, 1.54) is 38.2 Å². The van der Waals surface area contributed by atoms with E-state index in [0.29, 0.717) is 12.5 Å². The standard InChI is InChI=1S/C18H31NO4/c1-5-22-16(20)12-11-15(13-14-9-7-6-8-10-14)19-17(21)23-18(2,3)4/h11-12,14-15H,5-10,13H2,1-4H3,(H,19,21). The van der Waals surface area contributed by atoms with Gasteiger partial charge in [0, 0.05) is 6.08 Å². The number of rotatable bonds is 6. The second-order valence-electron chi connectivity index (χ2n) is 7.10. The van der Waals surface area contributed by atoms with E-state index in [4.69, 9.17) is 9.47 Å². The molecule has 5 nitrogen and oxygen atoms in total. The average molecular weight is 325 g/mol. The minimum absolute atomic E-state index is 0.211. The maximum atomic E-state index is 12.0. The summed E-state index contributed by atoms with van der Waals surface area (Å²) in [6.45, 7) is 7.60. The zero-order chi connectivity index (χ0) is 17.3. The lowest BCUT2D eigenvalue weighted by molar-refractivity contribution is -0.137.